The molecule has 2 N–H and O–H groups in total. The van der Waals surface area contributed by atoms with Crippen LogP contribution in [-0.2, 0) is 0 Å². The van der Waals surface area contributed by atoms with Crippen LogP contribution >= 0.6 is 0 Å². The van der Waals surface area contributed by atoms with E-state index in [2.05, 4.69) is 0 Å². The zero-order valence-electron chi connectivity index (χ0n) is 15.4. The number of Topliss-reactive ketones (excluding diaryl/α,β-unsaturated/α-hetero) is 1. The fourth-order valence-corrected chi connectivity index (χ4v) is 3.47. The van der Waals surface area contributed by atoms with Crippen LogP contribution in [0.4, 0.5) is 0 Å². The van der Waals surface area contributed by atoms with E-state index in [9.17, 15) is 24.6 Å². The zero-order chi connectivity index (χ0) is 20.7. The van der Waals surface area contributed by atoms with Crippen molar-refractivity contribution in [3.05, 3.63) is 75.9 Å². The van der Waals surface area contributed by atoms with Crippen LogP contribution in [0.3, 0.4) is 0 Å². The van der Waals surface area contributed by atoms with Crippen molar-refractivity contribution in [3.8, 4) is 28.2 Å². The van der Waals surface area contributed by atoms with Crippen molar-refractivity contribution in [2.45, 2.75) is 13.3 Å². The maximum absolute atomic E-state index is 12.1. The number of hydrogen-bond acceptors (Lipinski definition) is 5. The van der Waals surface area contributed by atoms with E-state index in [4.69, 9.17) is 4.42 Å². The van der Waals surface area contributed by atoms with E-state index in [1.165, 1.54) is 30.3 Å². The number of carboxylic acid groups (broad SMARTS) is 1. The van der Waals surface area contributed by atoms with E-state index < -0.39 is 5.97 Å². The lowest BCUT2D eigenvalue weighted by molar-refractivity contribution is 0.0697. The van der Waals surface area contributed by atoms with Gasteiger partial charge in [0, 0.05) is 40.6 Å². The molecule has 0 saturated heterocycles. The Morgan fingerprint density at radius 2 is 1.72 bits per heavy atom. The van der Waals surface area contributed by atoms with Gasteiger partial charge in [0.15, 0.2) is 11.2 Å². The summed E-state index contributed by atoms with van der Waals surface area (Å²) in [5.41, 5.74) is 1.84. The quantitative estimate of drug-likeness (QED) is 0.392. The minimum Gasteiger partial charge on any atom is -0.508 e. The number of rotatable bonds is 4. The fourth-order valence-electron chi connectivity index (χ4n) is 3.47. The second-order valence-electron chi connectivity index (χ2n) is 6.66. The number of fused-ring (bicyclic) bond motifs is 2. The number of phenols is 1. The van der Waals surface area contributed by atoms with Gasteiger partial charge >= 0.3 is 5.97 Å². The van der Waals surface area contributed by atoms with E-state index in [-0.39, 0.29) is 34.7 Å². The van der Waals surface area contributed by atoms with E-state index in [1.54, 1.807) is 31.2 Å². The highest BCUT2D eigenvalue weighted by Gasteiger charge is 2.22. The number of carbonyl (C=O) groups excluding carboxylic acids is 1. The predicted molar refractivity (Wildman–Crippen MR) is 108 cm³/mol. The third-order valence-electron chi connectivity index (χ3n) is 4.84. The average molecular weight is 388 g/mol. The van der Waals surface area contributed by atoms with Crippen LogP contribution in [0, 0.1) is 0 Å². The highest BCUT2D eigenvalue weighted by atomic mass is 16.4. The molecule has 1 aliphatic carbocycles. The summed E-state index contributed by atoms with van der Waals surface area (Å²) in [4.78, 5) is 35.9. The first-order valence-corrected chi connectivity index (χ1v) is 8.99. The number of hydrogen-bond donors (Lipinski definition) is 2. The summed E-state index contributed by atoms with van der Waals surface area (Å²) in [7, 11) is 0. The molecule has 0 radical (unpaired) electrons. The maximum Gasteiger partial charge on any atom is 0.336 e. The molecule has 6 nitrogen and oxygen atoms in total. The molecule has 0 bridgehead atoms. The average Bonchev–Trinajstić information content (AvgIpc) is 2.70. The summed E-state index contributed by atoms with van der Waals surface area (Å²) in [6, 6.07) is 13.4. The zero-order valence-corrected chi connectivity index (χ0v) is 15.4. The normalized spacial score (nSPS) is 11.1. The van der Waals surface area contributed by atoms with Crippen LogP contribution in [-0.4, -0.2) is 22.0 Å². The van der Waals surface area contributed by atoms with Gasteiger partial charge in [0.05, 0.1) is 5.56 Å². The Balaban J connectivity index is 2.14. The number of aromatic hydroxyl groups is 1. The Hall–Kier alpha value is -3.93. The third-order valence-corrected chi connectivity index (χ3v) is 4.84. The number of ketones is 1. The van der Waals surface area contributed by atoms with Gasteiger partial charge in [0.25, 0.3) is 0 Å². The van der Waals surface area contributed by atoms with Crippen molar-refractivity contribution >= 4 is 22.7 Å². The summed E-state index contributed by atoms with van der Waals surface area (Å²) >= 11 is 0. The van der Waals surface area contributed by atoms with Gasteiger partial charge in [-0.05, 0) is 35.9 Å². The van der Waals surface area contributed by atoms with Crippen LogP contribution < -0.4 is 5.43 Å². The van der Waals surface area contributed by atoms with Gasteiger partial charge in [-0.15, -0.1) is 0 Å². The summed E-state index contributed by atoms with van der Waals surface area (Å²) < 4.78 is 5.79. The Kier molecular flexibility index (Phi) is 4.39. The first kappa shape index (κ1) is 18.4. The molecule has 29 heavy (non-hydrogen) atoms. The maximum atomic E-state index is 12.1. The van der Waals surface area contributed by atoms with Gasteiger partial charge in [-0.2, -0.15) is 0 Å². The molecule has 2 aromatic carbocycles. The Labute approximate surface area is 165 Å². The molecular formula is C23H16O6. The minimum absolute atomic E-state index is 0.0211. The van der Waals surface area contributed by atoms with Crippen molar-refractivity contribution in [3.63, 3.8) is 0 Å². The van der Waals surface area contributed by atoms with Gasteiger partial charge in [-0.25, -0.2) is 4.79 Å². The van der Waals surface area contributed by atoms with E-state index in [1.807, 2.05) is 0 Å². The fraction of sp³-hybridized carbons (Fsp3) is 0.0870. The lowest BCUT2D eigenvalue weighted by Gasteiger charge is -2.17. The van der Waals surface area contributed by atoms with Crippen LogP contribution in [0.2, 0.25) is 0 Å². The van der Waals surface area contributed by atoms with E-state index in [0.717, 1.165) is 0 Å². The second kappa shape index (κ2) is 6.91. The first-order valence-electron chi connectivity index (χ1n) is 8.99. The van der Waals surface area contributed by atoms with Gasteiger partial charge in [-0.3, -0.25) is 9.59 Å². The molecule has 144 valence electrons. The standard InChI is InChI=1S/C23H16O6/c1-2-19(26)12-3-6-15(18(9-12)23(27)28)22-16-7-4-13(24)10-20(16)29-21-11-14(25)5-8-17(21)22/h3-11,24H,2H2,1H3,(H,27,28). The minimum atomic E-state index is -1.17. The number of aromatic carboxylic acids is 1. The molecule has 0 aromatic heterocycles. The van der Waals surface area contributed by atoms with Crippen LogP contribution in [0.5, 0.6) is 5.75 Å². The van der Waals surface area contributed by atoms with Crippen molar-refractivity contribution in [2.75, 3.05) is 0 Å². The molecule has 1 aliphatic heterocycles. The molecule has 2 aliphatic rings. The molecule has 0 fully saturated rings. The number of carboxylic acids is 1. The summed E-state index contributed by atoms with van der Waals surface area (Å²) in [5.74, 6) is -1.08. The van der Waals surface area contributed by atoms with E-state index >= 15 is 0 Å². The lowest BCUT2D eigenvalue weighted by Crippen LogP contribution is -2.06. The lowest BCUT2D eigenvalue weighted by atomic mass is 9.89. The van der Waals surface area contributed by atoms with Crippen LogP contribution in [0.25, 0.3) is 33.4 Å². The van der Waals surface area contributed by atoms with Crippen LogP contribution in [0.1, 0.15) is 34.1 Å². The highest BCUT2D eigenvalue weighted by molar-refractivity contribution is 6.09. The summed E-state index contributed by atoms with van der Waals surface area (Å²) in [6.45, 7) is 1.71. The molecule has 0 saturated carbocycles. The SMILES string of the molecule is CCC(=O)c1ccc(-c2c3ccc(=O)cc-3oc3cc(O)ccc23)c(C(=O)O)c1. The molecule has 0 unspecified atom stereocenters. The summed E-state index contributed by atoms with van der Waals surface area (Å²) in [6.07, 6.45) is 0.264. The molecule has 1 heterocycles. The predicted octanol–water partition coefficient (Wildman–Crippen LogP) is 4.56. The molecule has 0 spiro atoms. The van der Waals surface area contributed by atoms with Crippen molar-refractivity contribution < 1.29 is 24.2 Å². The van der Waals surface area contributed by atoms with Gasteiger partial charge < -0.3 is 14.6 Å². The van der Waals surface area contributed by atoms with E-state index in [0.29, 0.717) is 33.2 Å². The molecule has 2 aromatic rings. The molecule has 0 amide bonds. The van der Waals surface area contributed by atoms with Gasteiger partial charge in [0.2, 0.25) is 0 Å². The molecule has 4 rings (SSSR count). The third kappa shape index (κ3) is 3.14. The van der Waals surface area contributed by atoms with Crippen molar-refractivity contribution in [1.29, 1.82) is 0 Å². The Morgan fingerprint density at radius 1 is 0.966 bits per heavy atom. The summed E-state index contributed by atoms with van der Waals surface area (Å²) in [5, 5.41) is 20.2. The largest absolute Gasteiger partial charge is 0.508 e. The van der Waals surface area contributed by atoms with Crippen molar-refractivity contribution in [2.24, 2.45) is 0 Å². The molecular weight excluding hydrogens is 372 g/mol. The Morgan fingerprint density at radius 3 is 2.45 bits per heavy atom. The van der Waals surface area contributed by atoms with Crippen LogP contribution in [0.15, 0.2) is 63.8 Å². The number of phenolic OH excluding ortho intramolecular Hbond substituents is 1. The highest BCUT2D eigenvalue weighted by Crippen LogP contribution is 2.42. The number of carbonyl (C=O) groups is 2. The molecule has 0 atom stereocenters. The van der Waals surface area contributed by atoms with Crippen molar-refractivity contribution in [1.82, 2.24) is 0 Å². The number of benzene rings is 3. The van der Waals surface area contributed by atoms with Gasteiger partial charge in [-0.1, -0.05) is 19.1 Å². The second-order valence-corrected chi connectivity index (χ2v) is 6.66. The molecule has 6 heteroatoms. The monoisotopic (exact) mass is 388 g/mol. The smallest absolute Gasteiger partial charge is 0.336 e. The topological polar surface area (TPSA) is 105 Å². The first-order chi connectivity index (χ1) is 13.9. The van der Waals surface area contributed by atoms with Gasteiger partial charge in [0.1, 0.15) is 17.1 Å². The Bertz CT molecular complexity index is 1310.